The summed E-state index contributed by atoms with van der Waals surface area (Å²) in [4.78, 5) is 5.42. The van der Waals surface area contributed by atoms with Crippen LogP contribution in [0.4, 0.5) is 5.69 Å². The maximum absolute atomic E-state index is 8.56. The van der Waals surface area contributed by atoms with Crippen LogP contribution in [0.25, 0.3) is 10.4 Å². The molecule has 5 heteroatoms. The molecule has 0 aliphatic rings. The summed E-state index contributed by atoms with van der Waals surface area (Å²) in [5, 5.41) is 3.70. The third-order valence-corrected chi connectivity index (χ3v) is 5.07. The van der Waals surface area contributed by atoms with E-state index in [2.05, 4.69) is 86.9 Å². The van der Waals surface area contributed by atoms with E-state index in [0.29, 0.717) is 5.69 Å². The van der Waals surface area contributed by atoms with E-state index >= 15 is 0 Å². The van der Waals surface area contributed by atoms with Gasteiger partial charge in [-0.25, -0.2) is 0 Å². The fourth-order valence-corrected chi connectivity index (χ4v) is 3.61. The Balaban J connectivity index is 1.84. The third-order valence-electron chi connectivity index (χ3n) is 4.20. The third kappa shape index (κ3) is 7.06. The predicted octanol–water partition coefficient (Wildman–Crippen LogP) is 6.12. The van der Waals surface area contributed by atoms with Crippen molar-refractivity contribution in [1.82, 2.24) is 4.90 Å². The van der Waals surface area contributed by atoms with Crippen molar-refractivity contribution in [3.63, 3.8) is 0 Å². The van der Waals surface area contributed by atoms with Crippen molar-refractivity contribution in [1.29, 1.82) is 0 Å². The molecule has 0 heterocycles. The van der Waals surface area contributed by atoms with Crippen molar-refractivity contribution in [3.05, 3.63) is 73.7 Å². The van der Waals surface area contributed by atoms with Crippen molar-refractivity contribution in [2.75, 3.05) is 19.6 Å². The Morgan fingerprint density at radius 1 is 1.00 bits per heavy atom. The lowest BCUT2D eigenvalue weighted by molar-refractivity contribution is 0.274. The summed E-state index contributed by atoms with van der Waals surface area (Å²) in [6.07, 6.45) is 4.54. The van der Waals surface area contributed by atoms with Crippen molar-refractivity contribution in [3.8, 4) is 0 Å². The molecule has 0 bridgehead atoms. The molecule has 0 spiro atoms. The molecule has 0 radical (unpaired) electrons. The molecule has 0 aliphatic heterocycles. The second-order valence-electron chi connectivity index (χ2n) is 6.16. The summed E-state index contributed by atoms with van der Waals surface area (Å²) < 4.78 is 1.01. The van der Waals surface area contributed by atoms with E-state index in [9.17, 15) is 0 Å². The van der Waals surface area contributed by atoms with Crippen LogP contribution in [-0.4, -0.2) is 24.5 Å². The second-order valence-corrected chi connectivity index (χ2v) is 7.32. The summed E-state index contributed by atoms with van der Waals surface area (Å²) in [7, 11) is 0. The van der Waals surface area contributed by atoms with Gasteiger partial charge in [0.25, 0.3) is 0 Å². The highest BCUT2D eigenvalue weighted by Crippen LogP contribution is 2.23. The van der Waals surface area contributed by atoms with Gasteiger partial charge in [-0.3, -0.25) is 0 Å². The van der Waals surface area contributed by atoms with E-state index in [-0.39, 0.29) is 0 Å². The lowest BCUT2D eigenvalue weighted by atomic mass is 10.1. The zero-order valence-corrected chi connectivity index (χ0v) is 16.9. The number of nitrogens with zero attached hydrogens (tertiary/aromatic N) is 4. The Kier molecular flexibility index (Phi) is 8.80. The number of halogens is 1. The minimum atomic E-state index is 0.708. The van der Waals surface area contributed by atoms with E-state index in [1.54, 1.807) is 0 Å². The standard InChI is InChI=1S/C20H25IN4/c1-2-13-25(14-6-9-17-7-4-3-5-8-17)15-12-18-10-11-20(23-24-22)19(21)16-18/h3-5,7-8,10-11,16H,2,6,9,12-15H2,1H3/i21-2. The van der Waals surface area contributed by atoms with E-state index in [0.717, 1.165) is 36.0 Å². The molecule has 2 aromatic carbocycles. The summed E-state index contributed by atoms with van der Waals surface area (Å²) in [5.41, 5.74) is 12.0. The van der Waals surface area contributed by atoms with Crippen LogP contribution in [0.3, 0.4) is 0 Å². The number of azide groups is 1. The van der Waals surface area contributed by atoms with Crippen molar-refractivity contribution in [2.24, 2.45) is 5.11 Å². The monoisotopic (exact) mass is 446 g/mol. The van der Waals surface area contributed by atoms with Crippen LogP contribution < -0.4 is 0 Å². The van der Waals surface area contributed by atoms with Crippen molar-refractivity contribution >= 4 is 28.3 Å². The maximum atomic E-state index is 8.56. The SMILES string of the molecule is CCCN(CCCc1ccccc1)CCc1ccc(N=[N+]=[N-])c([125I])c1. The Bertz CT molecular complexity index is 696. The van der Waals surface area contributed by atoms with Gasteiger partial charge in [0.05, 0.1) is 5.69 Å². The molecule has 4 nitrogen and oxygen atoms in total. The Morgan fingerprint density at radius 2 is 1.80 bits per heavy atom. The van der Waals surface area contributed by atoms with Gasteiger partial charge in [-0.1, -0.05) is 54.5 Å². The van der Waals surface area contributed by atoms with Crippen LogP contribution in [0.5, 0.6) is 0 Å². The number of hydrogen-bond donors (Lipinski definition) is 0. The molecule has 0 N–H and O–H groups in total. The zero-order chi connectivity index (χ0) is 17.9. The van der Waals surface area contributed by atoms with Gasteiger partial charge >= 0.3 is 0 Å². The molecule has 0 amide bonds. The molecule has 2 aromatic rings. The second kappa shape index (κ2) is 11.1. The molecule has 0 unspecified atom stereocenters. The van der Waals surface area contributed by atoms with Crippen LogP contribution >= 0.6 is 22.6 Å². The number of benzene rings is 2. The highest BCUT2D eigenvalue weighted by Gasteiger charge is 2.06. The molecular weight excluding hydrogens is 421 g/mol. The number of rotatable bonds is 10. The molecule has 25 heavy (non-hydrogen) atoms. The smallest absolute Gasteiger partial charge is 0.0509 e. The average Bonchev–Trinajstić information content (AvgIpc) is 2.63. The summed E-state index contributed by atoms with van der Waals surface area (Å²) in [6.45, 7) is 5.58. The van der Waals surface area contributed by atoms with E-state index in [1.165, 1.54) is 24.0 Å². The lowest BCUT2D eigenvalue weighted by Crippen LogP contribution is -2.28. The molecule has 0 aliphatic carbocycles. The molecule has 0 saturated carbocycles. The first-order valence-electron chi connectivity index (χ1n) is 8.82. The minimum Gasteiger partial charge on any atom is -0.303 e. The topological polar surface area (TPSA) is 52.0 Å². The molecule has 132 valence electrons. The maximum Gasteiger partial charge on any atom is 0.0509 e. The molecule has 2 rings (SSSR count). The highest BCUT2D eigenvalue weighted by atomic mass is 125. The first-order chi connectivity index (χ1) is 12.2. The fraction of sp³-hybridized carbons (Fsp3) is 0.400. The number of aryl methyl sites for hydroxylation is 1. The highest BCUT2D eigenvalue weighted by molar-refractivity contribution is 14.1. The molecule has 0 saturated heterocycles. The quantitative estimate of drug-likeness (QED) is 0.188. The van der Waals surface area contributed by atoms with Gasteiger partial charge in [-0.15, -0.1) is 0 Å². The average molecular weight is 446 g/mol. The Labute approximate surface area is 164 Å². The summed E-state index contributed by atoms with van der Waals surface area (Å²) in [6, 6.07) is 16.8. The normalized spacial score (nSPS) is 10.7. The van der Waals surface area contributed by atoms with Gasteiger partial charge < -0.3 is 4.90 Å². The Hall–Kier alpha value is -1.56. The predicted molar refractivity (Wildman–Crippen MR) is 113 cm³/mol. The van der Waals surface area contributed by atoms with Crippen LogP contribution in [0, 0.1) is 3.57 Å². The largest absolute Gasteiger partial charge is 0.303 e. The fourth-order valence-electron chi connectivity index (χ4n) is 2.93. The van der Waals surface area contributed by atoms with Crippen LogP contribution in [0.2, 0.25) is 0 Å². The molecule has 0 fully saturated rings. The zero-order valence-electron chi connectivity index (χ0n) is 14.7. The molecule has 0 aromatic heterocycles. The van der Waals surface area contributed by atoms with Gasteiger partial charge in [0, 0.05) is 15.0 Å². The number of hydrogen-bond acceptors (Lipinski definition) is 2. The first kappa shape index (κ1) is 19.8. The van der Waals surface area contributed by atoms with Gasteiger partial charge in [0.2, 0.25) is 0 Å². The summed E-state index contributed by atoms with van der Waals surface area (Å²) in [5.74, 6) is 0. The van der Waals surface area contributed by atoms with Gasteiger partial charge in [-0.05, 0) is 84.1 Å². The van der Waals surface area contributed by atoms with Crippen LogP contribution in [-0.2, 0) is 12.8 Å². The van der Waals surface area contributed by atoms with Gasteiger partial charge in [-0.2, -0.15) is 0 Å². The Morgan fingerprint density at radius 3 is 2.48 bits per heavy atom. The minimum absolute atomic E-state index is 0.708. The van der Waals surface area contributed by atoms with E-state index in [4.69, 9.17) is 5.53 Å². The molecule has 0 atom stereocenters. The van der Waals surface area contributed by atoms with Crippen molar-refractivity contribution < 1.29 is 0 Å². The van der Waals surface area contributed by atoms with E-state index in [1.807, 2.05) is 6.07 Å². The van der Waals surface area contributed by atoms with Gasteiger partial charge in [0.1, 0.15) is 0 Å². The first-order valence-corrected chi connectivity index (χ1v) is 9.90. The summed E-state index contributed by atoms with van der Waals surface area (Å²) >= 11 is 2.23. The van der Waals surface area contributed by atoms with E-state index < -0.39 is 0 Å². The molecular formula is C20H25IN4. The lowest BCUT2D eigenvalue weighted by Gasteiger charge is -2.22. The van der Waals surface area contributed by atoms with Crippen LogP contribution in [0.15, 0.2) is 53.6 Å². The van der Waals surface area contributed by atoms with Crippen LogP contribution in [0.1, 0.15) is 30.9 Å². The van der Waals surface area contributed by atoms with Gasteiger partial charge in [0.15, 0.2) is 0 Å². The van der Waals surface area contributed by atoms with Crippen molar-refractivity contribution in [2.45, 2.75) is 32.6 Å².